The Bertz CT molecular complexity index is 829. The van der Waals surface area contributed by atoms with Crippen LogP contribution in [0.3, 0.4) is 0 Å². The zero-order chi connectivity index (χ0) is 19.6. The highest BCUT2D eigenvalue weighted by Gasteiger charge is 2.47. The third-order valence-electron chi connectivity index (χ3n) is 5.76. The van der Waals surface area contributed by atoms with Crippen molar-refractivity contribution in [2.24, 2.45) is 0 Å². The Morgan fingerprint density at radius 2 is 1.93 bits per heavy atom. The first-order valence-electron chi connectivity index (χ1n) is 9.58. The lowest BCUT2D eigenvalue weighted by atomic mass is 9.79. The summed E-state index contributed by atoms with van der Waals surface area (Å²) >= 11 is 6.19. The Hall–Kier alpha value is -1.99. The van der Waals surface area contributed by atoms with Gasteiger partial charge in [0.25, 0.3) is 5.91 Å². The van der Waals surface area contributed by atoms with Gasteiger partial charge in [0.1, 0.15) is 5.60 Å². The molecule has 2 saturated heterocycles. The van der Waals surface area contributed by atoms with Gasteiger partial charge in [-0.1, -0.05) is 41.9 Å². The van der Waals surface area contributed by atoms with Crippen molar-refractivity contribution in [3.63, 3.8) is 0 Å². The van der Waals surface area contributed by atoms with Gasteiger partial charge in [-0.2, -0.15) is 0 Å². The summed E-state index contributed by atoms with van der Waals surface area (Å²) in [7, 11) is 0. The van der Waals surface area contributed by atoms with E-state index in [-0.39, 0.29) is 11.9 Å². The molecule has 2 fully saturated rings. The standard InChI is InChI=1S/C21H24ClN3O3/c22-18-14-23-8-6-17(18)20(26)25-9-7-21(27,16-4-2-1-3-5-16)19(15-25)24-10-12-28-13-11-24/h1-6,8,14,19,27H,7,9-13,15H2/t19-,21+/m1/s1. The second kappa shape index (κ2) is 8.17. The van der Waals surface area contributed by atoms with Gasteiger partial charge in [-0.25, -0.2) is 0 Å². The molecule has 1 N–H and O–H groups in total. The summed E-state index contributed by atoms with van der Waals surface area (Å²) in [6.45, 7) is 3.62. The number of morpholine rings is 1. The number of hydrogen-bond acceptors (Lipinski definition) is 5. The molecule has 2 atom stereocenters. The van der Waals surface area contributed by atoms with E-state index in [1.807, 2.05) is 30.3 Å². The maximum Gasteiger partial charge on any atom is 0.255 e. The molecular formula is C21H24ClN3O3. The van der Waals surface area contributed by atoms with Crippen LogP contribution in [0.5, 0.6) is 0 Å². The van der Waals surface area contributed by atoms with E-state index in [0.29, 0.717) is 43.3 Å². The third-order valence-corrected chi connectivity index (χ3v) is 6.06. The Kier molecular flexibility index (Phi) is 5.64. The van der Waals surface area contributed by atoms with Crippen LogP contribution in [0.15, 0.2) is 48.8 Å². The molecule has 0 unspecified atom stereocenters. The maximum absolute atomic E-state index is 13.1. The molecule has 7 heteroatoms. The van der Waals surface area contributed by atoms with E-state index in [1.54, 1.807) is 17.2 Å². The quantitative estimate of drug-likeness (QED) is 0.853. The Labute approximate surface area is 169 Å². The first kappa shape index (κ1) is 19.3. The minimum atomic E-state index is -1.02. The first-order chi connectivity index (χ1) is 13.6. The topological polar surface area (TPSA) is 65.9 Å². The average Bonchev–Trinajstić information content (AvgIpc) is 2.75. The Morgan fingerprint density at radius 3 is 2.64 bits per heavy atom. The van der Waals surface area contributed by atoms with Crippen LogP contribution in [0.4, 0.5) is 0 Å². The fraction of sp³-hybridized carbons (Fsp3) is 0.429. The zero-order valence-electron chi connectivity index (χ0n) is 15.6. The van der Waals surface area contributed by atoms with Gasteiger partial charge >= 0.3 is 0 Å². The van der Waals surface area contributed by atoms with Crippen molar-refractivity contribution in [3.8, 4) is 0 Å². The summed E-state index contributed by atoms with van der Waals surface area (Å²) in [5.74, 6) is -0.124. The molecule has 2 aliphatic heterocycles. The number of pyridine rings is 1. The van der Waals surface area contributed by atoms with Crippen molar-refractivity contribution in [2.45, 2.75) is 18.1 Å². The lowest BCUT2D eigenvalue weighted by molar-refractivity contribution is -0.112. The van der Waals surface area contributed by atoms with Gasteiger partial charge in [-0.15, -0.1) is 0 Å². The highest BCUT2D eigenvalue weighted by molar-refractivity contribution is 6.33. The molecule has 2 aromatic rings. The monoisotopic (exact) mass is 401 g/mol. The lowest BCUT2D eigenvalue weighted by Gasteiger charge is -2.50. The molecule has 2 aliphatic rings. The van der Waals surface area contributed by atoms with Crippen LogP contribution in [-0.2, 0) is 10.3 Å². The number of nitrogens with zero attached hydrogens (tertiary/aromatic N) is 3. The third kappa shape index (κ3) is 3.65. The van der Waals surface area contributed by atoms with Gasteiger partial charge in [-0.3, -0.25) is 14.7 Å². The molecule has 0 radical (unpaired) electrons. The summed E-state index contributed by atoms with van der Waals surface area (Å²) in [4.78, 5) is 21.1. The molecule has 148 valence electrons. The number of rotatable bonds is 3. The Balaban J connectivity index is 1.63. The van der Waals surface area contributed by atoms with E-state index in [4.69, 9.17) is 16.3 Å². The van der Waals surface area contributed by atoms with Gasteiger partial charge in [0.15, 0.2) is 0 Å². The average molecular weight is 402 g/mol. The van der Waals surface area contributed by atoms with Crippen LogP contribution < -0.4 is 0 Å². The summed E-state index contributed by atoms with van der Waals surface area (Å²) in [5, 5.41) is 12.1. The number of amides is 1. The van der Waals surface area contributed by atoms with E-state index in [2.05, 4.69) is 9.88 Å². The van der Waals surface area contributed by atoms with Crippen LogP contribution in [0.25, 0.3) is 0 Å². The lowest BCUT2D eigenvalue weighted by Crippen LogP contribution is -2.63. The van der Waals surface area contributed by atoms with Crippen molar-refractivity contribution >= 4 is 17.5 Å². The predicted molar refractivity (Wildman–Crippen MR) is 106 cm³/mol. The molecule has 1 aromatic carbocycles. The smallest absolute Gasteiger partial charge is 0.255 e. The number of carbonyl (C=O) groups is 1. The zero-order valence-corrected chi connectivity index (χ0v) is 16.4. The number of benzene rings is 1. The molecule has 0 spiro atoms. The number of carbonyl (C=O) groups excluding carboxylic acids is 1. The predicted octanol–water partition coefficient (Wildman–Crippen LogP) is 2.17. The van der Waals surface area contributed by atoms with Crippen LogP contribution in [-0.4, -0.2) is 71.2 Å². The molecular weight excluding hydrogens is 378 g/mol. The van der Waals surface area contributed by atoms with Gasteiger partial charge in [-0.05, 0) is 18.1 Å². The van der Waals surface area contributed by atoms with Gasteiger partial charge in [0, 0.05) is 38.6 Å². The highest BCUT2D eigenvalue weighted by Crippen LogP contribution is 2.37. The van der Waals surface area contributed by atoms with Crippen molar-refractivity contribution in [2.75, 3.05) is 39.4 Å². The van der Waals surface area contributed by atoms with Gasteiger partial charge < -0.3 is 14.7 Å². The molecule has 28 heavy (non-hydrogen) atoms. The van der Waals surface area contributed by atoms with Gasteiger partial charge in [0.05, 0.1) is 29.8 Å². The second-order valence-electron chi connectivity index (χ2n) is 7.31. The molecule has 0 bridgehead atoms. The number of likely N-dealkylation sites (tertiary alicyclic amines) is 1. The van der Waals surface area contributed by atoms with E-state index in [1.165, 1.54) is 6.20 Å². The molecule has 0 saturated carbocycles. The number of aromatic nitrogens is 1. The molecule has 4 rings (SSSR count). The van der Waals surface area contributed by atoms with E-state index in [9.17, 15) is 9.90 Å². The van der Waals surface area contributed by atoms with E-state index < -0.39 is 5.60 Å². The number of aliphatic hydroxyl groups is 1. The number of hydrogen-bond donors (Lipinski definition) is 1. The minimum absolute atomic E-state index is 0.124. The maximum atomic E-state index is 13.1. The van der Waals surface area contributed by atoms with Crippen molar-refractivity contribution in [3.05, 3.63) is 64.9 Å². The van der Waals surface area contributed by atoms with Crippen molar-refractivity contribution in [1.29, 1.82) is 0 Å². The Morgan fingerprint density at radius 1 is 1.18 bits per heavy atom. The van der Waals surface area contributed by atoms with Crippen LogP contribution in [0, 0.1) is 0 Å². The molecule has 1 amide bonds. The minimum Gasteiger partial charge on any atom is -0.383 e. The fourth-order valence-corrected chi connectivity index (χ4v) is 4.40. The highest BCUT2D eigenvalue weighted by atomic mass is 35.5. The van der Waals surface area contributed by atoms with Crippen LogP contribution in [0.2, 0.25) is 5.02 Å². The normalized spacial score (nSPS) is 26.2. The number of ether oxygens (including phenoxy) is 1. The summed E-state index contributed by atoms with van der Waals surface area (Å²) < 4.78 is 5.50. The number of halogens is 1. The summed E-state index contributed by atoms with van der Waals surface area (Å²) in [6.07, 6.45) is 3.52. The van der Waals surface area contributed by atoms with Crippen LogP contribution in [0.1, 0.15) is 22.3 Å². The van der Waals surface area contributed by atoms with Crippen LogP contribution >= 0.6 is 11.6 Å². The molecule has 3 heterocycles. The molecule has 0 aliphatic carbocycles. The van der Waals surface area contributed by atoms with E-state index >= 15 is 0 Å². The largest absolute Gasteiger partial charge is 0.383 e. The molecule has 1 aromatic heterocycles. The SMILES string of the molecule is O=C(c1ccncc1Cl)N1CC[C@](O)(c2ccccc2)[C@H](N2CCOCC2)C1. The number of piperidine rings is 1. The summed E-state index contributed by atoms with van der Waals surface area (Å²) in [5.41, 5.74) is 0.320. The van der Waals surface area contributed by atoms with Crippen molar-refractivity contribution < 1.29 is 14.6 Å². The first-order valence-corrected chi connectivity index (χ1v) is 9.96. The second-order valence-corrected chi connectivity index (χ2v) is 7.72. The van der Waals surface area contributed by atoms with E-state index in [0.717, 1.165) is 18.7 Å². The fourth-order valence-electron chi connectivity index (χ4n) is 4.20. The summed E-state index contributed by atoms with van der Waals surface area (Å²) in [6, 6.07) is 11.2. The van der Waals surface area contributed by atoms with Gasteiger partial charge in [0.2, 0.25) is 0 Å². The molecule has 6 nitrogen and oxygen atoms in total. The van der Waals surface area contributed by atoms with Crippen molar-refractivity contribution in [1.82, 2.24) is 14.8 Å².